The number of hydrogen-bond donors (Lipinski definition) is 4. The maximum atomic E-state index is 12.3. The number of benzene rings is 1. The molecule has 0 fully saturated rings. The summed E-state index contributed by atoms with van der Waals surface area (Å²) in [6.07, 6.45) is 0. The third-order valence-corrected chi connectivity index (χ3v) is 3.55. The van der Waals surface area contributed by atoms with Gasteiger partial charge in [-0.25, -0.2) is 0 Å². The van der Waals surface area contributed by atoms with Gasteiger partial charge in [0.05, 0.1) is 17.8 Å². The second kappa shape index (κ2) is 11.8. The summed E-state index contributed by atoms with van der Waals surface area (Å²) in [5, 5.41) is 17.1. The molecular formula is C16H22IN3O5. The van der Waals surface area contributed by atoms with Crippen molar-refractivity contribution in [2.45, 2.75) is 13.0 Å². The number of aliphatic hydroxyl groups excluding tert-OH is 1. The van der Waals surface area contributed by atoms with Crippen LogP contribution < -0.4 is 16.0 Å². The van der Waals surface area contributed by atoms with E-state index in [-0.39, 0.29) is 32.2 Å². The lowest BCUT2D eigenvalue weighted by atomic mass is 10.0. The van der Waals surface area contributed by atoms with E-state index in [9.17, 15) is 14.4 Å². The van der Waals surface area contributed by atoms with E-state index in [0.29, 0.717) is 15.7 Å². The number of ether oxygens (including phenoxy) is 1. The van der Waals surface area contributed by atoms with E-state index in [4.69, 9.17) is 9.84 Å². The molecule has 0 saturated carbocycles. The van der Waals surface area contributed by atoms with Crippen LogP contribution in [-0.4, -0.2) is 53.7 Å². The zero-order valence-corrected chi connectivity index (χ0v) is 16.0. The number of esters is 1. The van der Waals surface area contributed by atoms with Gasteiger partial charge in [0.1, 0.15) is 12.6 Å². The number of carbonyl (C=O) groups excluding carboxylic acids is 3. The van der Waals surface area contributed by atoms with Crippen molar-refractivity contribution in [1.29, 1.82) is 0 Å². The molecule has 1 atom stereocenters. The first-order valence-electron chi connectivity index (χ1n) is 7.75. The van der Waals surface area contributed by atoms with Crippen molar-refractivity contribution in [1.82, 2.24) is 16.0 Å². The lowest BCUT2D eigenvalue weighted by Crippen LogP contribution is -2.41. The monoisotopic (exact) mass is 463 g/mol. The van der Waals surface area contributed by atoms with Crippen LogP contribution in [0.15, 0.2) is 24.3 Å². The smallest absolute Gasteiger partial charge is 0.325 e. The van der Waals surface area contributed by atoms with Crippen LogP contribution >= 0.6 is 22.6 Å². The van der Waals surface area contributed by atoms with Crippen molar-refractivity contribution in [3.8, 4) is 0 Å². The van der Waals surface area contributed by atoms with Crippen molar-refractivity contribution in [3.63, 3.8) is 0 Å². The van der Waals surface area contributed by atoms with Gasteiger partial charge in [-0.15, -0.1) is 0 Å². The molecule has 0 spiro atoms. The summed E-state index contributed by atoms with van der Waals surface area (Å²) in [6.45, 7) is 1.75. The molecule has 25 heavy (non-hydrogen) atoms. The van der Waals surface area contributed by atoms with Crippen molar-refractivity contribution in [3.05, 3.63) is 35.4 Å². The highest BCUT2D eigenvalue weighted by atomic mass is 127. The topological polar surface area (TPSA) is 117 Å². The summed E-state index contributed by atoms with van der Waals surface area (Å²) in [6, 6.07) is 5.78. The molecule has 0 radical (unpaired) electrons. The molecule has 0 aliphatic carbocycles. The molecule has 9 heteroatoms. The van der Waals surface area contributed by atoms with Gasteiger partial charge >= 0.3 is 5.97 Å². The van der Waals surface area contributed by atoms with Crippen LogP contribution in [0.25, 0.3) is 0 Å². The van der Waals surface area contributed by atoms with Gasteiger partial charge in [-0.3, -0.25) is 19.7 Å². The van der Waals surface area contributed by atoms with Crippen LogP contribution in [0.1, 0.15) is 28.9 Å². The highest BCUT2D eigenvalue weighted by Crippen LogP contribution is 2.14. The lowest BCUT2D eigenvalue weighted by molar-refractivity contribution is -0.143. The molecule has 1 aromatic carbocycles. The van der Waals surface area contributed by atoms with E-state index in [0.717, 1.165) is 0 Å². The molecule has 1 aromatic rings. The Morgan fingerprint density at radius 2 is 1.88 bits per heavy atom. The number of hydrogen-bond acceptors (Lipinski definition) is 6. The number of amides is 2. The molecule has 0 saturated heterocycles. The van der Waals surface area contributed by atoms with Gasteiger partial charge in [0.15, 0.2) is 0 Å². The summed E-state index contributed by atoms with van der Waals surface area (Å²) >= 11 is 2.03. The van der Waals surface area contributed by atoms with Crippen molar-refractivity contribution >= 4 is 40.4 Å². The normalized spacial score (nSPS) is 11.5. The molecule has 0 bridgehead atoms. The average Bonchev–Trinajstić information content (AvgIpc) is 2.61. The average molecular weight is 463 g/mol. The van der Waals surface area contributed by atoms with Gasteiger partial charge in [0, 0.05) is 12.1 Å². The van der Waals surface area contributed by atoms with Crippen LogP contribution in [0, 0.1) is 0 Å². The van der Waals surface area contributed by atoms with E-state index in [1.54, 1.807) is 31.2 Å². The summed E-state index contributed by atoms with van der Waals surface area (Å²) in [7, 11) is 0. The first-order chi connectivity index (χ1) is 12.0. The van der Waals surface area contributed by atoms with Crippen LogP contribution in [-0.2, 0) is 14.3 Å². The zero-order valence-electron chi connectivity index (χ0n) is 13.9. The molecule has 0 aliphatic rings. The number of carbonyl (C=O) groups is 3. The van der Waals surface area contributed by atoms with E-state index >= 15 is 0 Å². The number of alkyl halides is 1. The Kier molecular flexibility index (Phi) is 10.0. The maximum Gasteiger partial charge on any atom is 0.325 e. The summed E-state index contributed by atoms with van der Waals surface area (Å²) in [5.74, 6) is -1.15. The van der Waals surface area contributed by atoms with Gasteiger partial charge < -0.3 is 20.5 Å². The first kappa shape index (κ1) is 21.3. The Morgan fingerprint density at radius 1 is 1.20 bits per heavy atom. The number of halogens is 1. The van der Waals surface area contributed by atoms with Gasteiger partial charge in [0.2, 0.25) is 5.91 Å². The molecule has 0 aromatic heterocycles. The standard InChI is InChI=1S/C16H22IN3O5/c1-2-25-13(22)9-19-16(24)14(18-7-8-21)11-3-5-12(6-4-11)15(23)20-10-17/h3-6,14,18,21H,2,7-10H2,1H3,(H,19,24)(H,20,23). The Bertz CT molecular complexity index is 580. The van der Waals surface area contributed by atoms with E-state index < -0.39 is 17.9 Å². The van der Waals surface area contributed by atoms with Gasteiger partial charge in [-0.05, 0) is 24.6 Å². The SMILES string of the molecule is CCOC(=O)CNC(=O)C(NCCO)c1ccc(C(=O)NCI)cc1. The quantitative estimate of drug-likeness (QED) is 0.170. The summed E-state index contributed by atoms with van der Waals surface area (Å²) in [5.41, 5.74) is 1.09. The Labute approximate surface area is 159 Å². The highest BCUT2D eigenvalue weighted by Gasteiger charge is 2.21. The fourth-order valence-electron chi connectivity index (χ4n) is 2.03. The van der Waals surface area contributed by atoms with E-state index in [1.807, 2.05) is 22.6 Å². The van der Waals surface area contributed by atoms with Crippen molar-refractivity contribution in [2.24, 2.45) is 0 Å². The Balaban J connectivity index is 2.81. The molecular weight excluding hydrogens is 441 g/mol. The van der Waals surface area contributed by atoms with Gasteiger partial charge in [0.25, 0.3) is 5.91 Å². The first-order valence-corrected chi connectivity index (χ1v) is 9.27. The molecule has 0 aliphatic heterocycles. The highest BCUT2D eigenvalue weighted by molar-refractivity contribution is 14.1. The molecule has 1 rings (SSSR count). The van der Waals surface area contributed by atoms with Crippen LogP contribution in [0.2, 0.25) is 0 Å². The predicted octanol–water partition coefficient (Wildman–Crippen LogP) is 0.111. The second-order valence-electron chi connectivity index (χ2n) is 4.90. The minimum absolute atomic E-state index is 0.141. The van der Waals surface area contributed by atoms with Crippen LogP contribution in [0.3, 0.4) is 0 Å². The van der Waals surface area contributed by atoms with Crippen molar-refractivity contribution in [2.75, 3.05) is 30.9 Å². The van der Waals surface area contributed by atoms with E-state index in [1.165, 1.54) is 0 Å². The van der Waals surface area contributed by atoms with Crippen LogP contribution in [0.5, 0.6) is 0 Å². The molecule has 4 N–H and O–H groups in total. The minimum atomic E-state index is -0.761. The minimum Gasteiger partial charge on any atom is -0.465 e. The molecule has 8 nitrogen and oxygen atoms in total. The summed E-state index contributed by atoms with van der Waals surface area (Å²) < 4.78 is 5.26. The maximum absolute atomic E-state index is 12.3. The molecule has 0 heterocycles. The summed E-state index contributed by atoms with van der Waals surface area (Å²) in [4.78, 5) is 35.5. The molecule has 2 amide bonds. The Hall–Kier alpha value is -1.72. The lowest BCUT2D eigenvalue weighted by Gasteiger charge is -2.18. The second-order valence-corrected chi connectivity index (χ2v) is 5.66. The van der Waals surface area contributed by atoms with Gasteiger partial charge in [-0.2, -0.15) is 0 Å². The predicted molar refractivity (Wildman–Crippen MR) is 100 cm³/mol. The Morgan fingerprint density at radius 3 is 2.44 bits per heavy atom. The number of nitrogens with one attached hydrogen (secondary N) is 3. The fourth-order valence-corrected chi connectivity index (χ4v) is 2.38. The third kappa shape index (κ3) is 7.36. The van der Waals surface area contributed by atoms with Crippen LogP contribution in [0.4, 0.5) is 0 Å². The fraction of sp³-hybridized carbons (Fsp3) is 0.438. The van der Waals surface area contributed by atoms with Gasteiger partial charge in [-0.1, -0.05) is 34.7 Å². The van der Waals surface area contributed by atoms with Crippen molar-refractivity contribution < 1.29 is 24.2 Å². The molecule has 138 valence electrons. The third-order valence-electron chi connectivity index (χ3n) is 3.17. The number of rotatable bonds is 10. The zero-order chi connectivity index (χ0) is 18.7. The number of aliphatic hydroxyl groups is 1. The van der Waals surface area contributed by atoms with E-state index in [2.05, 4.69) is 16.0 Å². The largest absolute Gasteiger partial charge is 0.465 e. The molecule has 1 unspecified atom stereocenters.